The van der Waals surface area contributed by atoms with Gasteiger partial charge in [-0.2, -0.15) is 0 Å². The van der Waals surface area contributed by atoms with Crippen LogP contribution < -0.4 is 0 Å². The molecule has 0 N–H and O–H groups in total. The molecule has 0 amide bonds. The molecule has 92 valence electrons. The molecule has 0 aromatic rings. The molecule has 0 radical (unpaired) electrons. The van der Waals surface area contributed by atoms with Gasteiger partial charge in [0.05, 0.1) is 0 Å². The third-order valence-electron chi connectivity index (χ3n) is 2.56. The molecule has 0 saturated carbocycles. The highest BCUT2D eigenvalue weighted by Crippen LogP contribution is 2.24. The Kier molecular flexibility index (Phi) is 7.79. The average molecular weight is 228 g/mol. The minimum Gasteiger partial charge on any atom is -0.0984 e. The maximum absolute atomic E-state index is 4.12. The van der Waals surface area contributed by atoms with E-state index in [1.54, 1.807) is 0 Å². The molecule has 0 heteroatoms. The van der Waals surface area contributed by atoms with Gasteiger partial charge in [-0.05, 0) is 49.5 Å². The fourth-order valence-electron chi connectivity index (χ4n) is 1.59. The Balaban J connectivity index is 5.70. The van der Waals surface area contributed by atoms with Crippen LogP contribution in [0.1, 0.15) is 34.1 Å². The second-order valence-corrected chi connectivity index (χ2v) is 3.84. The van der Waals surface area contributed by atoms with Crippen LogP contribution in [0.5, 0.6) is 0 Å². The predicted molar refractivity (Wildman–Crippen MR) is 80.0 cm³/mol. The van der Waals surface area contributed by atoms with E-state index in [0.717, 1.165) is 17.6 Å². The molecule has 0 aliphatic heterocycles. The number of hydrogen-bond donors (Lipinski definition) is 0. The summed E-state index contributed by atoms with van der Waals surface area (Å²) in [7, 11) is 0. The molecule has 0 unspecified atom stereocenters. The molecule has 0 atom stereocenters. The van der Waals surface area contributed by atoms with Crippen molar-refractivity contribution in [2.45, 2.75) is 34.1 Å². The van der Waals surface area contributed by atoms with E-state index in [-0.39, 0.29) is 0 Å². The second-order valence-electron chi connectivity index (χ2n) is 3.84. The van der Waals surface area contributed by atoms with E-state index in [9.17, 15) is 0 Å². The van der Waals surface area contributed by atoms with Crippen molar-refractivity contribution < 1.29 is 0 Å². The van der Waals surface area contributed by atoms with E-state index >= 15 is 0 Å². The van der Waals surface area contributed by atoms with Crippen molar-refractivity contribution in [3.63, 3.8) is 0 Å². The zero-order chi connectivity index (χ0) is 13.3. The predicted octanol–water partition coefficient (Wildman–Crippen LogP) is 5.53. The summed E-state index contributed by atoms with van der Waals surface area (Å²) in [5.41, 5.74) is 4.55. The van der Waals surface area contributed by atoms with Gasteiger partial charge in [0.2, 0.25) is 0 Å². The molecule has 17 heavy (non-hydrogen) atoms. The molecule has 0 aromatic carbocycles. The lowest BCUT2D eigenvalue weighted by Crippen LogP contribution is -1.92. The largest absolute Gasteiger partial charge is 0.0984 e. The zero-order valence-corrected chi connectivity index (χ0v) is 11.6. The Morgan fingerprint density at radius 3 is 2.24 bits per heavy atom. The summed E-state index contributed by atoms with van der Waals surface area (Å²) in [4.78, 5) is 0. The first-order valence-electron chi connectivity index (χ1n) is 6.10. The van der Waals surface area contributed by atoms with Gasteiger partial charge in [0.1, 0.15) is 0 Å². The quantitative estimate of drug-likeness (QED) is 0.524. The minimum absolute atomic E-state index is 1.02. The lowest BCUT2D eigenvalue weighted by molar-refractivity contribution is 1.22. The molecular weight excluding hydrogens is 204 g/mol. The number of hydrogen-bond acceptors (Lipinski definition) is 0. The van der Waals surface area contributed by atoms with Crippen LogP contribution in [-0.4, -0.2) is 0 Å². The van der Waals surface area contributed by atoms with Gasteiger partial charge < -0.3 is 0 Å². The van der Waals surface area contributed by atoms with Crippen molar-refractivity contribution in [2.75, 3.05) is 0 Å². The highest BCUT2D eigenvalue weighted by molar-refractivity contribution is 5.57. The average Bonchev–Trinajstić information content (AvgIpc) is 2.33. The van der Waals surface area contributed by atoms with Gasteiger partial charge in [-0.1, -0.05) is 56.5 Å². The van der Waals surface area contributed by atoms with Crippen LogP contribution >= 0.6 is 0 Å². The van der Waals surface area contributed by atoms with Gasteiger partial charge in [-0.15, -0.1) is 0 Å². The molecule has 0 spiro atoms. The Morgan fingerprint density at radius 2 is 1.82 bits per heavy atom. The van der Waals surface area contributed by atoms with Crippen molar-refractivity contribution >= 4 is 0 Å². The van der Waals surface area contributed by atoms with Crippen LogP contribution in [0.25, 0.3) is 0 Å². The van der Waals surface area contributed by atoms with Crippen LogP contribution in [0.15, 0.2) is 71.9 Å². The highest BCUT2D eigenvalue weighted by Gasteiger charge is 2.06. The lowest BCUT2D eigenvalue weighted by Gasteiger charge is -2.11. The summed E-state index contributed by atoms with van der Waals surface area (Å²) in [6.45, 7) is 16.3. The summed E-state index contributed by atoms with van der Waals surface area (Å²) in [5, 5.41) is 0. The number of rotatable bonds is 6. The van der Waals surface area contributed by atoms with E-state index in [2.05, 4.69) is 45.2 Å². The van der Waals surface area contributed by atoms with E-state index in [1.807, 2.05) is 32.1 Å². The molecule has 0 aliphatic rings. The SMILES string of the molecule is C=CC(/C=C\CC)=C(C(=C)/C=C\C)\C(C)=C/C. The van der Waals surface area contributed by atoms with Crippen molar-refractivity contribution in [1.29, 1.82) is 0 Å². The molecule has 0 aliphatic carbocycles. The van der Waals surface area contributed by atoms with Gasteiger partial charge in [0, 0.05) is 0 Å². The first-order chi connectivity index (χ1) is 8.12. The molecule has 0 aromatic heterocycles. The van der Waals surface area contributed by atoms with Crippen LogP contribution in [0.2, 0.25) is 0 Å². The smallest absolute Gasteiger partial charge is 0.00918 e. The molecule has 0 saturated heterocycles. The van der Waals surface area contributed by atoms with Gasteiger partial charge in [0.15, 0.2) is 0 Å². The molecule has 0 rings (SSSR count). The molecule has 0 heterocycles. The van der Waals surface area contributed by atoms with E-state index in [4.69, 9.17) is 0 Å². The third kappa shape index (κ3) is 4.86. The fourth-order valence-corrected chi connectivity index (χ4v) is 1.59. The normalized spacial score (nSPS) is 14.2. The van der Waals surface area contributed by atoms with Crippen molar-refractivity contribution in [1.82, 2.24) is 0 Å². The second kappa shape index (κ2) is 8.58. The summed E-state index contributed by atoms with van der Waals surface area (Å²) < 4.78 is 0. The summed E-state index contributed by atoms with van der Waals surface area (Å²) >= 11 is 0. The first kappa shape index (κ1) is 15.4. The van der Waals surface area contributed by atoms with Gasteiger partial charge in [-0.3, -0.25) is 0 Å². The van der Waals surface area contributed by atoms with Crippen LogP contribution in [0.3, 0.4) is 0 Å². The van der Waals surface area contributed by atoms with Crippen molar-refractivity contribution in [3.05, 3.63) is 71.9 Å². The molecule has 0 bridgehead atoms. The maximum Gasteiger partial charge on any atom is -0.00918 e. The van der Waals surface area contributed by atoms with Crippen molar-refractivity contribution in [2.24, 2.45) is 0 Å². The zero-order valence-electron chi connectivity index (χ0n) is 11.6. The van der Waals surface area contributed by atoms with E-state index in [0.29, 0.717) is 0 Å². The fraction of sp³-hybridized carbons (Fsp3) is 0.294. The van der Waals surface area contributed by atoms with E-state index < -0.39 is 0 Å². The Bertz CT molecular complexity index is 384. The highest BCUT2D eigenvalue weighted by atomic mass is 14.1. The van der Waals surface area contributed by atoms with Crippen LogP contribution in [0, 0.1) is 0 Å². The third-order valence-corrected chi connectivity index (χ3v) is 2.56. The summed E-state index contributed by atoms with van der Waals surface area (Å²) in [5.74, 6) is 0. The molecule has 0 fully saturated rings. The topological polar surface area (TPSA) is 0 Å². The Morgan fingerprint density at radius 1 is 1.18 bits per heavy atom. The summed E-state index contributed by atoms with van der Waals surface area (Å²) in [6, 6.07) is 0. The van der Waals surface area contributed by atoms with E-state index in [1.165, 1.54) is 11.1 Å². The molecule has 0 nitrogen and oxygen atoms in total. The van der Waals surface area contributed by atoms with Gasteiger partial charge >= 0.3 is 0 Å². The minimum atomic E-state index is 1.02. The Hall–Kier alpha value is -1.56. The van der Waals surface area contributed by atoms with Crippen LogP contribution in [-0.2, 0) is 0 Å². The molecular formula is C17H24. The van der Waals surface area contributed by atoms with Crippen LogP contribution in [0.4, 0.5) is 0 Å². The Labute approximate surface area is 106 Å². The monoisotopic (exact) mass is 228 g/mol. The van der Waals surface area contributed by atoms with Crippen molar-refractivity contribution in [3.8, 4) is 0 Å². The van der Waals surface area contributed by atoms with Gasteiger partial charge in [0.25, 0.3) is 0 Å². The van der Waals surface area contributed by atoms with Gasteiger partial charge in [-0.25, -0.2) is 0 Å². The first-order valence-corrected chi connectivity index (χ1v) is 6.10. The summed E-state index contributed by atoms with van der Waals surface area (Å²) in [6.07, 6.45) is 13.3. The maximum atomic E-state index is 4.12. The number of allylic oxidation sites excluding steroid dienone is 10. The lowest BCUT2D eigenvalue weighted by atomic mass is 9.93. The standard InChI is InChI=1S/C17H24/c1-7-11-13-16(10-4)17(14(5)9-3)15(6)12-8-2/h8-13H,4,6-7H2,1-3,5H3/b12-8-,13-11-,14-9-,17-16-.